The van der Waals surface area contributed by atoms with E-state index in [1.165, 1.54) is 35.2 Å². The molecule has 1 aliphatic carbocycles. The molecule has 0 fully saturated rings. The molecule has 1 nitrogen and oxygen atoms in total. The molecule has 1 N–H and O–H groups in total. The summed E-state index contributed by atoms with van der Waals surface area (Å²) in [5.41, 5.74) is 5.61. The van der Waals surface area contributed by atoms with Crippen molar-refractivity contribution in [2.45, 2.75) is 32.2 Å². The Bertz CT molecular complexity index is 592. The van der Waals surface area contributed by atoms with Crippen molar-refractivity contribution in [3.05, 3.63) is 63.6 Å². The van der Waals surface area contributed by atoms with Gasteiger partial charge in [-0.2, -0.15) is 0 Å². The molecular formula is C17H18BrN. The molecule has 2 aromatic rings. The Morgan fingerprint density at radius 1 is 1.21 bits per heavy atom. The predicted octanol–water partition coefficient (Wildman–Crippen LogP) is 5.11. The summed E-state index contributed by atoms with van der Waals surface area (Å²) in [6.45, 7) is 2.20. The van der Waals surface area contributed by atoms with E-state index in [0.29, 0.717) is 6.04 Å². The van der Waals surface area contributed by atoms with Gasteiger partial charge in [0.25, 0.3) is 0 Å². The lowest BCUT2D eigenvalue weighted by molar-refractivity contribution is 0.760. The third-order valence-electron chi connectivity index (χ3n) is 3.91. The minimum Gasteiger partial charge on any atom is -0.378 e. The van der Waals surface area contributed by atoms with E-state index in [0.717, 1.165) is 10.9 Å². The van der Waals surface area contributed by atoms with E-state index in [9.17, 15) is 0 Å². The number of hydrogen-bond acceptors (Lipinski definition) is 1. The summed E-state index contributed by atoms with van der Waals surface area (Å²) in [7, 11) is 0. The second-order valence-corrected chi connectivity index (χ2v) is 6.01. The van der Waals surface area contributed by atoms with Crippen LogP contribution in [0.3, 0.4) is 0 Å². The number of aryl methyl sites for hydroxylation is 2. The fourth-order valence-corrected chi connectivity index (χ4v) is 3.30. The number of hydrogen-bond donors (Lipinski definition) is 1. The van der Waals surface area contributed by atoms with Crippen molar-refractivity contribution in [3.63, 3.8) is 0 Å². The second-order valence-electron chi connectivity index (χ2n) is 5.09. The van der Waals surface area contributed by atoms with Crippen LogP contribution in [0.2, 0.25) is 0 Å². The normalized spacial score (nSPS) is 17.3. The van der Waals surface area contributed by atoms with E-state index in [1.807, 2.05) is 0 Å². The molecule has 0 aliphatic heterocycles. The lowest BCUT2D eigenvalue weighted by Gasteiger charge is -2.18. The molecule has 0 heterocycles. The summed E-state index contributed by atoms with van der Waals surface area (Å²) in [6.07, 6.45) is 3.43. The number of nitrogens with one attached hydrogen (secondary N) is 1. The van der Waals surface area contributed by atoms with Crippen molar-refractivity contribution in [2.24, 2.45) is 0 Å². The lowest BCUT2D eigenvalue weighted by atomic mass is 10.1. The minimum absolute atomic E-state index is 0.461. The van der Waals surface area contributed by atoms with Gasteiger partial charge in [0, 0.05) is 10.2 Å². The molecule has 0 aromatic heterocycles. The highest BCUT2D eigenvalue weighted by Gasteiger charge is 2.22. The SMILES string of the molecule is CCc1cc(Br)ccc1NC1CCc2ccccc21. The molecule has 1 unspecified atom stereocenters. The van der Waals surface area contributed by atoms with E-state index in [-0.39, 0.29) is 0 Å². The minimum atomic E-state index is 0.461. The van der Waals surface area contributed by atoms with E-state index in [4.69, 9.17) is 0 Å². The molecule has 2 heteroatoms. The first-order valence-corrected chi connectivity index (χ1v) is 7.70. The first kappa shape index (κ1) is 12.7. The van der Waals surface area contributed by atoms with Crippen LogP contribution >= 0.6 is 15.9 Å². The highest BCUT2D eigenvalue weighted by Crippen LogP contribution is 2.35. The predicted molar refractivity (Wildman–Crippen MR) is 84.6 cm³/mol. The topological polar surface area (TPSA) is 12.0 Å². The molecule has 0 saturated carbocycles. The zero-order chi connectivity index (χ0) is 13.2. The number of anilines is 1. The highest BCUT2D eigenvalue weighted by atomic mass is 79.9. The van der Waals surface area contributed by atoms with Crippen LogP contribution in [0.25, 0.3) is 0 Å². The maximum absolute atomic E-state index is 3.72. The average Bonchev–Trinajstić information content (AvgIpc) is 2.84. The molecule has 19 heavy (non-hydrogen) atoms. The molecule has 1 atom stereocenters. The van der Waals surface area contributed by atoms with Gasteiger partial charge < -0.3 is 5.32 Å². The van der Waals surface area contributed by atoms with Gasteiger partial charge in [-0.15, -0.1) is 0 Å². The molecule has 0 radical (unpaired) electrons. The molecule has 98 valence electrons. The highest BCUT2D eigenvalue weighted by molar-refractivity contribution is 9.10. The maximum atomic E-state index is 3.72. The van der Waals surface area contributed by atoms with Gasteiger partial charge in [-0.25, -0.2) is 0 Å². The van der Waals surface area contributed by atoms with Gasteiger partial charge in [0.15, 0.2) is 0 Å². The van der Waals surface area contributed by atoms with Crippen LogP contribution in [0.4, 0.5) is 5.69 Å². The molecule has 2 aromatic carbocycles. The van der Waals surface area contributed by atoms with Crippen LogP contribution < -0.4 is 5.32 Å². The summed E-state index contributed by atoms with van der Waals surface area (Å²) in [4.78, 5) is 0. The fraction of sp³-hybridized carbons (Fsp3) is 0.294. The summed E-state index contributed by atoms with van der Waals surface area (Å²) >= 11 is 3.55. The molecule has 0 amide bonds. The van der Waals surface area contributed by atoms with Crippen molar-refractivity contribution in [1.29, 1.82) is 0 Å². The van der Waals surface area contributed by atoms with Crippen LogP contribution in [0, 0.1) is 0 Å². The zero-order valence-electron chi connectivity index (χ0n) is 11.1. The van der Waals surface area contributed by atoms with E-state index in [2.05, 4.69) is 70.6 Å². The number of rotatable bonds is 3. The van der Waals surface area contributed by atoms with Crippen molar-refractivity contribution < 1.29 is 0 Å². The Kier molecular flexibility index (Phi) is 3.61. The van der Waals surface area contributed by atoms with E-state index >= 15 is 0 Å². The van der Waals surface area contributed by atoms with E-state index in [1.54, 1.807) is 0 Å². The third kappa shape index (κ3) is 2.55. The Morgan fingerprint density at radius 2 is 2.05 bits per heavy atom. The smallest absolute Gasteiger partial charge is 0.0519 e. The Hall–Kier alpha value is -1.28. The largest absolute Gasteiger partial charge is 0.378 e. The standard InChI is InChI=1S/C17H18BrN/c1-2-12-11-14(18)8-10-16(12)19-17-9-7-13-5-3-4-6-15(13)17/h3-6,8,10-11,17,19H,2,7,9H2,1H3. The first-order valence-electron chi connectivity index (χ1n) is 6.90. The number of halogens is 1. The van der Waals surface area contributed by atoms with E-state index < -0.39 is 0 Å². The monoisotopic (exact) mass is 315 g/mol. The zero-order valence-corrected chi connectivity index (χ0v) is 12.7. The van der Waals surface area contributed by atoms with Crippen molar-refractivity contribution in [3.8, 4) is 0 Å². The maximum Gasteiger partial charge on any atom is 0.0519 e. The Balaban J connectivity index is 1.87. The van der Waals surface area contributed by atoms with Crippen LogP contribution in [0.5, 0.6) is 0 Å². The van der Waals surface area contributed by atoms with Crippen molar-refractivity contribution in [1.82, 2.24) is 0 Å². The first-order chi connectivity index (χ1) is 9.28. The number of fused-ring (bicyclic) bond motifs is 1. The quantitative estimate of drug-likeness (QED) is 0.829. The van der Waals surface area contributed by atoms with Gasteiger partial charge in [0.2, 0.25) is 0 Å². The lowest BCUT2D eigenvalue weighted by Crippen LogP contribution is -2.08. The van der Waals surface area contributed by atoms with Crippen molar-refractivity contribution >= 4 is 21.6 Å². The molecule has 0 spiro atoms. The Labute approximate surface area is 123 Å². The van der Waals surface area contributed by atoms with Crippen LogP contribution in [0.1, 0.15) is 36.1 Å². The Morgan fingerprint density at radius 3 is 2.89 bits per heavy atom. The average molecular weight is 316 g/mol. The van der Waals surface area contributed by atoms with Crippen LogP contribution in [-0.2, 0) is 12.8 Å². The molecular weight excluding hydrogens is 298 g/mol. The molecule has 3 rings (SSSR count). The van der Waals surface area contributed by atoms with Gasteiger partial charge in [0.05, 0.1) is 6.04 Å². The third-order valence-corrected chi connectivity index (χ3v) is 4.40. The summed E-state index contributed by atoms with van der Waals surface area (Å²) in [5.74, 6) is 0. The van der Waals surface area contributed by atoms with Crippen LogP contribution in [-0.4, -0.2) is 0 Å². The summed E-state index contributed by atoms with van der Waals surface area (Å²) in [5, 5.41) is 3.72. The van der Waals surface area contributed by atoms with Crippen molar-refractivity contribution in [2.75, 3.05) is 5.32 Å². The summed E-state index contributed by atoms with van der Waals surface area (Å²) < 4.78 is 1.15. The van der Waals surface area contributed by atoms with Gasteiger partial charge in [-0.3, -0.25) is 0 Å². The van der Waals surface area contributed by atoms with Gasteiger partial charge in [-0.05, 0) is 54.2 Å². The molecule has 0 bridgehead atoms. The number of benzene rings is 2. The van der Waals surface area contributed by atoms with Gasteiger partial charge in [0.1, 0.15) is 0 Å². The molecule has 1 aliphatic rings. The van der Waals surface area contributed by atoms with Crippen LogP contribution in [0.15, 0.2) is 46.9 Å². The summed E-state index contributed by atoms with van der Waals surface area (Å²) in [6, 6.07) is 15.8. The fourth-order valence-electron chi connectivity index (χ4n) is 2.89. The molecule has 0 saturated heterocycles. The van der Waals surface area contributed by atoms with Gasteiger partial charge in [-0.1, -0.05) is 47.1 Å². The van der Waals surface area contributed by atoms with Gasteiger partial charge >= 0.3 is 0 Å². The second kappa shape index (κ2) is 5.38.